The summed E-state index contributed by atoms with van der Waals surface area (Å²) in [6, 6.07) is 18.8. The Morgan fingerprint density at radius 3 is 2.69 bits per heavy atom. The Bertz CT molecular complexity index is 1170. The molecular formula is C20H13N3O2S. The van der Waals surface area contributed by atoms with E-state index in [1.165, 1.54) is 11.3 Å². The van der Waals surface area contributed by atoms with E-state index in [0.29, 0.717) is 27.4 Å². The van der Waals surface area contributed by atoms with Gasteiger partial charge in [0.1, 0.15) is 29.1 Å². The van der Waals surface area contributed by atoms with Crippen molar-refractivity contribution in [2.75, 3.05) is 0 Å². The highest BCUT2D eigenvalue weighted by atomic mass is 32.1. The highest BCUT2D eigenvalue weighted by Crippen LogP contribution is 2.30. The molecule has 126 valence electrons. The average molecular weight is 359 g/mol. The number of H-pyrrole nitrogens is 1. The lowest BCUT2D eigenvalue weighted by Crippen LogP contribution is -2.13. The zero-order valence-corrected chi connectivity index (χ0v) is 14.4. The first-order valence-corrected chi connectivity index (χ1v) is 8.82. The summed E-state index contributed by atoms with van der Waals surface area (Å²) in [6.45, 7) is 0.0858. The summed E-state index contributed by atoms with van der Waals surface area (Å²) in [5.74, 6) is 0.894. The Hall–Kier alpha value is -3.43. The molecule has 0 atom stereocenters. The Labute approximate surface area is 153 Å². The van der Waals surface area contributed by atoms with E-state index in [0.717, 1.165) is 11.1 Å². The fourth-order valence-electron chi connectivity index (χ4n) is 2.72. The number of benzene rings is 2. The van der Waals surface area contributed by atoms with Gasteiger partial charge in [-0.1, -0.05) is 42.5 Å². The summed E-state index contributed by atoms with van der Waals surface area (Å²) in [5, 5.41) is 11.6. The molecule has 0 saturated carbocycles. The van der Waals surface area contributed by atoms with Crippen LogP contribution in [-0.2, 0) is 6.61 Å². The minimum Gasteiger partial charge on any atom is -0.484 e. The van der Waals surface area contributed by atoms with E-state index < -0.39 is 0 Å². The van der Waals surface area contributed by atoms with Gasteiger partial charge in [0.2, 0.25) is 0 Å². The monoisotopic (exact) mass is 359 g/mol. The van der Waals surface area contributed by atoms with Crippen LogP contribution in [0.1, 0.15) is 11.4 Å². The van der Waals surface area contributed by atoms with Gasteiger partial charge in [0, 0.05) is 10.9 Å². The van der Waals surface area contributed by atoms with Crippen molar-refractivity contribution in [3.8, 4) is 22.9 Å². The first kappa shape index (κ1) is 16.1. The van der Waals surface area contributed by atoms with Crippen LogP contribution in [0.3, 0.4) is 0 Å². The quantitative estimate of drug-likeness (QED) is 0.595. The number of nitriles is 1. The number of aromatic nitrogens is 2. The number of hydrogen-bond donors (Lipinski definition) is 1. The number of nitrogens with zero attached hydrogens (tertiary/aromatic N) is 2. The zero-order chi connectivity index (χ0) is 17.9. The molecule has 0 amide bonds. The van der Waals surface area contributed by atoms with Crippen molar-refractivity contribution >= 4 is 21.6 Å². The number of hydrogen-bond acceptors (Lipinski definition) is 5. The molecule has 2 aromatic carbocycles. The molecule has 1 N–H and O–H groups in total. The molecule has 26 heavy (non-hydrogen) atoms. The molecule has 0 bridgehead atoms. The molecule has 4 aromatic rings. The second-order valence-corrected chi connectivity index (χ2v) is 6.46. The van der Waals surface area contributed by atoms with Gasteiger partial charge in [-0.05, 0) is 17.7 Å². The fourth-order valence-corrected chi connectivity index (χ4v) is 3.69. The van der Waals surface area contributed by atoms with Crippen LogP contribution < -0.4 is 10.3 Å². The molecule has 2 heterocycles. The SMILES string of the molecule is N#Cc1ccccc1OCc1nc2scc(-c3ccccc3)c2c(=O)[nH]1. The van der Waals surface area contributed by atoms with E-state index in [9.17, 15) is 4.79 Å². The van der Waals surface area contributed by atoms with E-state index in [1.807, 2.05) is 35.7 Å². The van der Waals surface area contributed by atoms with Gasteiger partial charge < -0.3 is 9.72 Å². The minimum atomic E-state index is -0.192. The summed E-state index contributed by atoms with van der Waals surface area (Å²) in [4.78, 5) is 20.6. The molecule has 2 aromatic heterocycles. The normalized spacial score (nSPS) is 10.6. The Morgan fingerprint density at radius 2 is 1.88 bits per heavy atom. The molecule has 4 rings (SSSR count). The van der Waals surface area contributed by atoms with Gasteiger partial charge in [0.05, 0.1) is 10.9 Å². The predicted octanol–water partition coefficient (Wildman–Crippen LogP) is 4.10. The fraction of sp³-hybridized carbons (Fsp3) is 0.0500. The molecule has 0 unspecified atom stereocenters. The Balaban J connectivity index is 1.67. The number of rotatable bonds is 4. The number of para-hydroxylation sites is 1. The predicted molar refractivity (Wildman–Crippen MR) is 101 cm³/mol. The minimum absolute atomic E-state index is 0.0858. The van der Waals surface area contributed by atoms with Crippen molar-refractivity contribution in [3.05, 3.63) is 81.7 Å². The van der Waals surface area contributed by atoms with Crippen LogP contribution in [-0.4, -0.2) is 9.97 Å². The van der Waals surface area contributed by atoms with Gasteiger partial charge in [-0.3, -0.25) is 4.79 Å². The summed E-state index contributed by atoms with van der Waals surface area (Å²) < 4.78 is 5.66. The van der Waals surface area contributed by atoms with Crippen molar-refractivity contribution in [1.29, 1.82) is 5.26 Å². The van der Waals surface area contributed by atoms with Crippen molar-refractivity contribution in [2.45, 2.75) is 6.61 Å². The van der Waals surface area contributed by atoms with Crippen LogP contribution in [0.15, 0.2) is 64.8 Å². The number of fused-ring (bicyclic) bond motifs is 1. The van der Waals surface area contributed by atoms with Gasteiger partial charge in [-0.2, -0.15) is 5.26 Å². The topological polar surface area (TPSA) is 78.8 Å². The lowest BCUT2D eigenvalue weighted by Gasteiger charge is -2.07. The van der Waals surface area contributed by atoms with Crippen LogP contribution in [0.25, 0.3) is 21.3 Å². The maximum Gasteiger partial charge on any atom is 0.260 e. The molecule has 0 spiro atoms. The molecule has 0 radical (unpaired) electrons. The van der Waals surface area contributed by atoms with Gasteiger partial charge in [-0.25, -0.2) is 4.98 Å². The van der Waals surface area contributed by atoms with Crippen LogP contribution >= 0.6 is 11.3 Å². The molecular weight excluding hydrogens is 346 g/mol. The summed E-state index contributed by atoms with van der Waals surface area (Å²) >= 11 is 1.43. The van der Waals surface area contributed by atoms with Crippen LogP contribution in [0, 0.1) is 11.3 Å². The molecule has 0 aliphatic heterocycles. The van der Waals surface area contributed by atoms with Crippen LogP contribution in [0.5, 0.6) is 5.75 Å². The zero-order valence-electron chi connectivity index (χ0n) is 13.6. The van der Waals surface area contributed by atoms with Gasteiger partial charge in [-0.15, -0.1) is 11.3 Å². The average Bonchev–Trinajstić information content (AvgIpc) is 3.12. The number of thiophene rings is 1. The third-order valence-electron chi connectivity index (χ3n) is 3.95. The van der Waals surface area contributed by atoms with Crippen LogP contribution in [0.2, 0.25) is 0 Å². The largest absolute Gasteiger partial charge is 0.484 e. The highest BCUT2D eigenvalue weighted by molar-refractivity contribution is 7.17. The lowest BCUT2D eigenvalue weighted by atomic mass is 10.1. The van der Waals surface area contributed by atoms with E-state index in [4.69, 9.17) is 10.00 Å². The molecule has 0 aliphatic carbocycles. The number of aromatic amines is 1. The highest BCUT2D eigenvalue weighted by Gasteiger charge is 2.13. The molecule has 6 heteroatoms. The Kier molecular flexibility index (Phi) is 4.22. The molecule has 0 saturated heterocycles. The summed E-state index contributed by atoms with van der Waals surface area (Å²) in [6.07, 6.45) is 0. The number of ether oxygens (including phenoxy) is 1. The van der Waals surface area contributed by atoms with Crippen LogP contribution in [0.4, 0.5) is 0 Å². The first-order chi connectivity index (χ1) is 12.8. The van der Waals surface area contributed by atoms with Gasteiger partial charge >= 0.3 is 0 Å². The van der Waals surface area contributed by atoms with Crippen molar-refractivity contribution in [1.82, 2.24) is 9.97 Å². The summed E-state index contributed by atoms with van der Waals surface area (Å²) in [7, 11) is 0. The van der Waals surface area contributed by atoms with Gasteiger partial charge in [0.25, 0.3) is 5.56 Å². The van der Waals surface area contributed by atoms with Crippen molar-refractivity contribution in [2.24, 2.45) is 0 Å². The third kappa shape index (κ3) is 2.96. The third-order valence-corrected chi connectivity index (χ3v) is 4.82. The van der Waals surface area contributed by atoms with E-state index >= 15 is 0 Å². The maximum atomic E-state index is 12.6. The van der Waals surface area contributed by atoms with E-state index in [2.05, 4.69) is 16.0 Å². The molecule has 0 fully saturated rings. The van der Waals surface area contributed by atoms with E-state index in [-0.39, 0.29) is 12.2 Å². The second kappa shape index (κ2) is 6.82. The smallest absolute Gasteiger partial charge is 0.260 e. The second-order valence-electron chi connectivity index (χ2n) is 5.60. The van der Waals surface area contributed by atoms with Crippen molar-refractivity contribution in [3.63, 3.8) is 0 Å². The maximum absolute atomic E-state index is 12.6. The number of nitrogens with one attached hydrogen (secondary N) is 1. The van der Waals surface area contributed by atoms with Crippen molar-refractivity contribution < 1.29 is 4.74 Å². The lowest BCUT2D eigenvalue weighted by molar-refractivity contribution is 0.295. The first-order valence-electron chi connectivity index (χ1n) is 7.94. The van der Waals surface area contributed by atoms with Gasteiger partial charge in [0.15, 0.2) is 0 Å². The molecule has 0 aliphatic rings. The van der Waals surface area contributed by atoms with E-state index in [1.54, 1.807) is 24.3 Å². The summed E-state index contributed by atoms with van der Waals surface area (Å²) in [5.41, 5.74) is 2.11. The Morgan fingerprint density at radius 1 is 1.12 bits per heavy atom. The molecule has 5 nitrogen and oxygen atoms in total. The standard InChI is InChI=1S/C20H13N3O2S/c21-10-14-8-4-5-9-16(14)25-11-17-22-19(24)18-15(12-26-20(18)23-17)13-6-2-1-3-7-13/h1-9,12H,11H2,(H,22,23,24).